The standard InChI is InChI=1S/C11H16N2/c1-8-4-5-10(12-7-8)13-9-6-11(9,2)3/h4-5,7,9H,6H2,1-3H3,(H,12,13). The molecule has 0 aliphatic heterocycles. The summed E-state index contributed by atoms with van der Waals surface area (Å²) in [6, 6.07) is 4.75. The zero-order valence-corrected chi connectivity index (χ0v) is 8.46. The molecule has 0 bridgehead atoms. The summed E-state index contributed by atoms with van der Waals surface area (Å²) in [5.41, 5.74) is 1.67. The van der Waals surface area contributed by atoms with Crippen LogP contribution in [-0.4, -0.2) is 11.0 Å². The predicted molar refractivity (Wildman–Crippen MR) is 54.8 cm³/mol. The van der Waals surface area contributed by atoms with E-state index in [1.54, 1.807) is 0 Å². The number of pyridine rings is 1. The zero-order chi connectivity index (χ0) is 9.47. The molecule has 1 N–H and O–H groups in total. The van der Waals surface area contributed by atoms with E-state index in [0.29, 0.717) is 11.5 Å². The first kappa shape index (κ1) is 8.54. The zero-order valence-electron chi connectivity index (χ0n) is 8.46. The molecule has 0 saturated heterocycles. The van der Waals surface area contributed by atoms with Gasteiger partial charge < -0.3 is 5.32 Å². The van der Waals surface area contributed by atoms with Crippen molar-refractivity contribution in [3.63, 3.8) is 0 Å². The van der Waals surface area contributed by atoms with Gasteiger partial charge in [0.15, 0.2) is 0 Å². The maximum atomic E-state index is 4.31. The van der Waals surface area contributed by atoms with Crippen LogP contribution in [-0.2, 0) is 0 Å². The average molecular weight is 176 g/mol. The highest BCUT2D eigenvalue weighted by atomic mass is 15.1. The molecule has 0 radical (unpaired) electrons. The average Bonchev–Trinajstić information content (AvgIpc) is 2.64. The maximum Gasteiger partial charge on any atom is 0.126 e. The lowest BCUT2D eigenvalue weighted by atomic mass is 10.2. The van der Waals surface area contributed by atoms with E-state index in [1.165, 1.54) is 12.0 Å². The predicted octanol–water partition coefficient (Wildman–Crippen LogP) is 2.60. The van der Waals surface area contributed by atoms with Gasteiger partial charge in [-0.05, 0) is 30.4 Å². The van der Waals surface area contributed by atoms with Crippen molar-refractivity contribution < 1.29 is 0 Å². The largest absolute Gasteiger partial charge is 0.367 e. The molecule has 0 spiro atoms. The molecular weight excluding hydrogens is 160 g/mol. The van der Waals surface area contributed by atoms with Crippen molar-refractivity contribution in [1.29, 1.82) is 0 Å². The summed E-state index contributed by atoms with van der Waals surface area (Å²) in [4.78, 5) is 4.31. The Balaban J connectivity index is 2.00. The monoisotopic (exact) mass is 176 g/mol. The van der Waals surface area contributed by atoms with E-state index in [4.69, 9.17) is 0 Å². The highest BCUT2D eigenvalue weighted by molar-refractivity contribution is 5.39. The summed E-state index contributed by atoms with van der Waals surface area (Å²) in [6.07, 6.45) is 3.15. The summed E-state index contributed by atoms with van der Waals surface area (Å²) in [7, 11) is 0. The van der Waals surface area contributed by atoms with Crippen molar-refractivity contribution in [2.24, 2.45) is 5.41 Å². The van der Waals surface area contributed by atoms with Crippen molar-refractivity contribution in [2.45, 2.75) is 33.2 Å². The Morgan fingerprint density at radius 3 is 2.62 bits per heavy atom. The van der Waals surface area contributed by atoms with Crippen molar-refractivity contribution in [3.8, 4) is 0 Å². The molecule has 70 valence electrons. The lowest BCUT2D eigenvalue weighted by Gasteiger charge is -2.06. The fraction of sp³-hybridized carbons (Fsp3) is 0.545. The first-order valence-electron chi connectivity index (χ1n) is 4.77. The van der Waals surface area contributed by atoms with Crippen LogP contribution >= 0.6 is 0 Å². The first-order valence-corrected chi connectivity index (χ1v) is 4.77. The Labute approximate surface area is 79.4 Å². The van der Waals surface area contributed by atoms with Gasteiger partial charge in [0.25, 0.3) is 0 Å². The maximum absolute atomic E-state index is 4.31. The molecule has 1 atom stereocenters. The van der Waals surface area contributed by atoms with Gasteiger partial charge in [-0.25, -0.2) is 4.98 Å². The molecule has 1 aliphatic carbocycles. The van der Waals surface area contributed by atoms with Gasteiger partial charge in [-0.15, -0.1) is 0 Å². The number of anilines is 1. The van der Waals surface area contributed by atoms with Crippen LogP contribution in [0.25, 0.3) is 0 Å². The molecule has 0 amide bonds. The van der Waals surface area contributed by atoms with Crippen molar-refractivity contribution in [2.75, 3.05) is 5.32 Å². The highest BCUT2D eigenvalue weighted by Crippen LogP contribution is 2.46. The molecule has 1 saturated carbocycles. The third kappa shape index (κ3) is 1.82. The summed E-state index contributed by atoms with van der Waals surface area (Å²) >= 11 is 0. The Bertz CT molecular complexity index is 300. The molecule has 1 unspecified atom stereocenters. The molecule has 2 nitrogen and oxygen atoms in total. The number of hydrogen-bond donors (Lipinski definition) is 1. The number of nitrogens with one attached hydrogen (secondary N) is 1. The minimum Gasteiger partial charge on any atom is -0.367 e. The van der Waals surface area contributed by atoms with Gasteiger partial charge in [0.1, 0.15) is 5.82 Å². The quantitative estimate of drug-likeness (QED) is 0.749. The van der Waals surface area contributed by atoms with E-state index in [0.717, 1.165) is 5.82 Å². The molecule has 1 aromatic rings. The number of rotatable bonds is 2. The van der Waals surface area contributed by atoms with E-state index in [9.17, 15) is 0 Å². The van der Waals surface area contributed by atoms with E-state index in [1.807, 2.05) is 12.3 Å². The number of nitrogens with zero attached hydrogens (tertiary/aromatic N) is 1. The lowest BCUT2D eigenvalue weighted by molar-refractivity contribution is 0.630. The van der Waals surface area contributed by atoms with Crippen LogP contribution in [0.2, 0.25) is 0 Å². The molecule has 2 rings (SSSR count). The van der Waals surface area contributed by atoms with Gasteiger partial charge >= 0.3 is 0 Å². The molecule has 0 aromatic carbocycles. The van der Waals surface area contributed by atoms with Crippen LogP contribution in [0.4, 0.5) is 5.82 Å². The van der Waals surface area contributed by atoms with Crippen LogP contribution in [0.5, 0.6) is 0 Å². The Kier molecular flexibility index (Phi) is 1.79. The van der Waals surface area contributed by atoms with E-state index < -0.39 is 0 Å². The Hall–Kier alpha value is -1.05. The molecule has 2 heteroatoms. The minimum absolute atomic E-state index is 0.465. The van der Waals surface area contributed by atoms with Crippen molar-refractivity contribution >= 4 is 5.82 Å². The van der Waals surface area contributed by atoms with E-state index >= 15 is 0 Å². The number of aryl methyl sites for hydroxylation is 1. The number of hydrogen-bond acceptors (Lipinski definition) is 2. The van der Waals surface area contributed by atoms with Crippen LogP contribution in [0.3, 0.4) is 0 Å². The smallest absolute Gasteiger partial charge is 0.126 e. The van der Waals surface area contributed by atoms with Gasteiger partial charge in [-0.3, -0.25) is 0 Å². The van der Waals surface area contributed by atoms with Gasteiger partial charge in [0.05, 0.1) is 0 Å². The second-order valence-electron chi connectivity index (χ2n) is 4.61. The Morgan fingerprint density at radius 2 is 2.15 bits per heavy atom. The second kappa shape index (κ2) is 2.72. The van der Waals surface area contributed by atoms with Gasteiger partial charge in [0.2, 0.25) is 0 Å². The molecule has 1 aromatic heterocycles. The fourth-order valence-corrected chi connectivity index (χ4v) is 1.45. The van der Waals surface area contributed by atoms with E-state index in [2.05, 4.69) is 37.1 Å². The summed E-state index contributed by atoms with van der Waals surface area (Å²) in [5.74, 6) is 1.00. The Morgan fingerprint density at radius 1 is 1.46 bits per heavy atom. The summed E-state index contributed by atoms with van der Waals surface area (Å²) < 4.78 is 0. The third-order valence-corrected chi connectivity index (χ3v) is 2.75. The third-order valence-electron chi connectivity index (χ3n) is 2.75. The molecular formula is C11H16N2. The van der Waals surface area contributed by atoms with Crippen molar-refractivity contribution in [1.82, 2.24) is 4.98 Å². The second-order valence-corrected chi connectivity index (χ2v) is 4.61. The van der Waals surface area contributed by atoms with Crippen LogP contribution in [0.1, 0.15) is 25.8 Å². The van der Waals surface area contributed by atoms with Gasteiger partial charge in [-0.1, -0.05) is 19.9 Å². The van der Waals surface area contributed by atoms with Crippen LogP contribution < -0.4 is 5.32 Å². The van der Waals surface area contributed by atoms with Crippen LogP contribution in [0.15, 0.2) is 18.3 Å². The molecule has 1 fully saturated rings. The van der Waals surface area contributed by atoms with Crippen molar-refractivity contribution in [3.05, 3.63) is 23.9 Å². The van der Waals surface area contributed by atoms with E-state index in [-0.39, 0.29) is 0 Å². The summed E-state index contributed by atoms with van der Waals surface area (Å²) in [6.45, 7) is 6.61. The molecule has 1 heterocycles. The van der Waals surface area contributed by atoms with Crippen LogP contribution in [0, 0.1) is 12.3 Å². The highest BCUT2D eigenvalue weighted by Gasteiger charge is 2.45. The molecule has 1 aliphatic rings. The fourth-order valence-electron chi connectivity index (χ4n) is 1.45. The normalized spacial score (nSPS) is 24.1. The number of aromatic nitrogens is 1. The van der Waals surface area contributed by atoms with Gasteiger partial charge in [-0.2, -0.15) is 0 Å². The van der Waals surface area contributed by atoms with Gasteiger partial charge in [0, 0.05) is 12.2 Å². The summed E-state index contributed by atoms with van der Waals surface area (Å²) in [5, 5.41) is 3.42. The molecule has 13 heavy (non-hydrogen) atoms. The minimum atomic E-state index is 0.465. The lowest BCUT2D eigenvalue weighted by Crippen LogP contribution is -2.09. The topological polar surface area (TPSA) is 24.9 Å². The first-order chi connectivity index (χ1) is 6.08. The SMILES string of the molecule is Cc1ccc(NC2CC2(C)C)nc1.